The maximum absolute atomic E-state index is 11.9. The lowest BCUT2D eigenvalue weighted by Crippen LogP contribution is -2.39. The number of nitrogens with zero attached hydrogens (tertiary/aromatic N) is 4. The fourth-order valence-electron chi connectivity index (χ4n) is 1.83. The molecule has 0 radical (unpaired) electrons. The van der Waals surface area contributed by atoms with E-state index in [1.165, 1.54) is 0 Å². The number of hydrogen-bond donors (Lipinski definition) is 2. The Morgan fingerprint density at radius 3 is 2.80 bits per heavy atom. The second-order valence-electron chi connectivity index (χ2n) is 4.90. The molecular formula is C13H16N6O. The topological polar surface area (TPSA) is 84.7 Å². The van der Waals surface area contributed by atoms with Gasteiger partial charge in [-0.25, -0.2) is 0 Å². The molecule has 2 N–H and O–H groups in total. The molecule has 7 heteroatoms. The van der Waals surface area contributed by atoms with E-state index in [1.807, 2.05) is 30.3 Å². The summed E-state index contributed by atoms with van der Waals surface area (Å²) in [5, 5.41) is 17.5. The summed E-state index contributed by atoms with van der Waals surface area (Å²) in [5.74, 6) is 0.421. The molecule has 1 amide bonds. The van der Waals surface area contributed by atoms with E-state index in [0.717, 1.165) is 18.5 Å². The monoisotopic (exact) mass is 272 g/mol. The molecule has 1 aliphatic rings. The van der Waals surface area contributed by atoms with Gasteiger partial charge in [0.1, 0.15) is 6.04 Å². The van der Waals surface area contributed by atoms with Gasteiger partial charge in [-0.05, 0) is 42.3 Å². The number of amides is 1. The van der Waals surface area contributed by atoms with Crippen LogP contribution in [0.2, 0.25) is 0 Å². The summed E-state index contributed by atoms with van der Waals surface area (Å²) in [6.45, 7) is 1.79. The van der Waals surface area contributed by atoms with E-state index in [4.69, 9.17) is 0 Å². The minimum atomic E-state index is -0.385. The zero-order valence-corrected chi connectivity index (χ0v) is 11.2. The molecule has 1 aromatic carbocycles. The van der Waals surface area contributed by atoms with Crippen molar-refractivity contribution in [2.45, 2.75) is 31.8 Å². The fourth-order valence-corrected chi connectivity index (χ4v) is 1.83. The van der Waals surface area contributed by atoms with Crippen molar-refractivity contribution in [3.05, 3.63) is 30.3 Å². The van der Waals surface area contributed by atoms with Crippen molar-refractivity contribution in [3.63, 3.8) is 0 Å². The van der Waals surface area contributed by atoms with Crippen molar-refractivity contribution in [1.29, 1.82) is 0 Å². The summed E-state index contributed by atoms with van der Waals surface area (Å²) in [4.78, 5) is 11.9. The Morgan fingerprint density at radius 2 is 2.10 bits per heavy atom. The number of rotatable bonds is 5. The van der Waals surface area contributed by atoms with Crippen LogP contribution in [0.4, 0.5) is 5.95 Å². The maximum Gasteiger partial charge on any atom is 0.248 e. The number of anilines is 1. The zero-order chi connectivity index (χ0) is 13.9. The van der Waals surface area contributed by atoms with Crippen LogP contribution in [-0.4, -0.2) is 38.2 Å². The van der Waals surface area contributed by atoms with E-state index in [1.54, 1.807) is 11.6 Å². The molecule has 7 nitrogen and oxygen atoms in total. The van der Waals surface area contributed by atoms with Gasteiger partial charge in [-0.2, -0.15) is 4.68 Å². The molecule has 0 aliphatic heterocycles. The Balaban J connectivity index is 1.71. The maximum atomic E-state index is 11.9. The molecule has 1 aliphatic carbocycles. The molecule has 3 rings (SSSR count). The van der Waals surface area contributed by atoms with Gasteiger partial charge in [0.15, 0.2) is 0 Å². The fraction of sp³-hybridized carbons (Fsp3) is 0.385. The van der Waals surface area contributed by atoms with Crippen LogP contribution in [0.1, 0.15) is 19.8 Å². The third kappa shape index (κ3) is 2.76. The Labute approximate surface area is 116 Å². The molecule has 0 bridgehead atoms. The number of nitrogens with one attached hydrogen (secondary N) is 2. The third-order valence-electron chi connectivity index (χ3n) is 3.13. The molecular weight excluding hydrogens is 256 g/mol. The second-order valence-corrected chi connectivity index (χ2v) is 4.90. The Kier molecular flexibility index (Phi) is 3.32. The quantitative estimate of drug-likeness (QED) is 0.838. The van der Waals surface area contributed by atoms with Crippen molar-refractivity contribution in [3.8, 4) is 5.69 Å². The van der Waals surface area contributed by atoms with E-state index in [2.05, 4.69) is 26.2 Å². The van der Waals surface area contributed by atoms with Crippen LogP contribution >= 0.6 is 0 Å². The van der Waals surface area contributed by atoms with Gasteiger partial charge in [-0.15, -0.1) is 0 Å². The number of carbonyl (C=O) groups is 1. The van der Waals surface area contributed by atoms with Crippen molar-refractivity contribution in [1.82, 2.24) is 25.5 Å². The summed E-state index contributed by atoms with van der Waals surface area (Å²) in [5.41, 5.74) is 0.842. The van der Waals surface area contributed by atoms with Crippen LogP contribution < -0.4 is 10.6 Å². The number of carbonyl (C=O) groups excluding carboxylic acids is 1. The van der Waals surface area contributed by atoms with Crippen LogP contribution in [0.3, 0.4) is 0 Å². The van der Waals surface area contributed by atoms with Gasteiger partial charge in [0.25, 0.3) is 0 Å². The highest BCUT2D eigenvalue weighted by Gasteiger charge is 2.26. The normalized spacial score (nSPS) is 15.7. The summed E-state index contributed by atoms with van der Waals surface area (Å²) >= 11 is 0. The van der Waals surface area contributed by atoms with Crippen LogP contribution in [0.15, 0.2) is 30.3 Å². The zero-order valence-electron chi connectivity index (χ0n) is 11.2. The molecule has 0 spiro atoms. The molecule has 1 fully saturated rings. The minimum Gasteiger partial charge on any atom is -0.352 e. The van der Waals surface area contributed by atoms with E-state index in [-0.39, 0.29) is 11.9 Å². The lowest BCUT2D eigenvalue weighted by atomic mass is 10.3. The highest BCUT2D eigenvalue weighted by atomic mass is 16.2. The van der Waals surface area contributed by atoms with E-state index >= 15 is 0 Å². The summed E-state index contributed by atoms with van der Waals surface area (Å²) in [6.07, 6.45) is 2.14. The first kappa shape index (κ1) is 12.6. The first-order valence-electron chi connectivity index (χ1n) is 6.65. The van der Waals surface area contributed by atoms with Gasteiger partial charge in [0.2, 0.25) is 11.9 Å². The van der Waals surface area contributed by atoms with Crippen molar-refractivity contribution < 1.29 is 4.79 Å². The molecule has 0 saturated heterocycles. The Bertz CT molecular complexity index is 592. The molecule has 104 valence electrons. The van der Waals surface area contributed by atoms with Crippen molar-refractivity contribution in [2.75, 3.05) is 5.32 Å². The highest BCUT2D eigenvalue weighted by molar-refractivity contribution is 5.84. The second kappa shape index (κ2) is 5.28. The molecule has 2 aromatic rings. The van der Waals surface area contributed by atoms with Gasteiger partial charge < -0.3 is 10.6 Å². The summed E-state index contributed by atoms with van der Waals surface area (Å²) < 4.78 is 1.57. The van der Waals surface area contributed by atoms with Gasteiger partial charge in [-0.1, -0.05) is 23.3 Å². The van der Waals surface area contributed by atoms with E-state index in [0.29, 0.717) is 12.0 Å². The van der Waals surface area contributed by atoms with Crippen LogP contribution in [0.25, 0.3) is 5.69 Å². The summed E-state index contributed by atoms with van der Waals surface area (Å²) in [6, 6.07) is 9.49. The van der Waals surface area contributed by atoms with Crippen LogP contribution in [0.5, 0.6) is 0 Å². The van der Waals surface area contributed by atoms with Crippen molar-refractivity contribution in [2.24, 2.45) is 0 Å². The van der Waals surface area contributed by atoms with E-state index in [9.17, 15) is 4.79 Å². The van der Waals surface area contributed by atoms with Gasteiger partial charge in [0, 0.05) is 6.04 Å². The molecule has 1 saturated carbocycles. The van der Waals surface area contributed by atoms with E-state index < -0.39 is 0 Å². The number of tetrazole rings is 1. The molecule has 1 atom stereocenters. The predicted octanol–water partition coefficient (Wildman–Crippen LogP) is 0.741. The molecule has 1 heterocycles. The highest BCUT2D eigenvalue weighted by Crippen LogP contribution is 2.19. The van der Waals surface area contributed by atoms with Gasteiger partial charge in [0.05, 0.1) is 5.69 Å². The van der Waals surface area contributed by atoms with Gasteiger partial charge >= 0.3 is 0 Å². The standard InChI is InChI=1S/C13H16N6O/c1-9(12(20)15-10-7-8-10)14-13-16-17-18-19(13)11-5-3-2-4-6-11/h2-6,9-10H,7-8H2,1H3,(H,15,20)(H,14,16,18). The molecule has 1 aromatic heterocycles. The average molecular weight is 272 g/mol. The van der Waals surface area contributed by atoms with Crippen LogP contribution in [0, 0.1) is 0 Å². The predicted molar refractivity (Wildman–Crippen MR) is 73.4 cm³/mol. The largest absolute Gasteiger partial charge is 0.352 e. The molecule has 1 unspecified atom stereocenters. The lowest BCUT2D eigenvalue weighted by Gasteiger charge is -2.14. The number of hydrogen-bond acceptors (Lipinski definition) is 5. The van der Waals surface area contributed by atoms with Crippen LogP contribution in [-0.2, 0) is 4.79 Å². The Hall–Kier alpha value is -2.44. The number of para-hydroxylation sites is 1. The van der Waals surface area contributed by atoms with Gasteiger partial charge in [-0.3, -0.25) is 4.79 Å². The minimum absolute atomic E-state index is 0.0323. The summed E-state index contributed by atoms with van der Waals surface area (Å²) in [7, 11) is 0. The number of benzene rings is 1. The Morgan fingerprint density at radius 1 is 1.35 bits per heavy atom. The smallest absolute Gasteiger partial charge is 0.248 e. The van der Waals surface area contributed by atoms with Crippen molar-refractivity contribution >= 4 is 11.9 Å². The average Bonchev–Trinajstić information content (AvgIpc) is 3.16. The first-order valence-corrected chi connectivity index (χ1v) is 6.65. The number of aromatic nitrogens is 4. The SMILES string of the molecule is CC(Nc1nnnn1-c1ccccc1)C(=O)NC1CC1. The molecule has 20 heavy (non-hydrogen) atoms. The lowest BCUT2D eigenvalue weighted by molar-refractivity contribution is -0.121. The third-order valence-corrected chi connectivity index (χ3v) is 3.13. The first-order chi connectivity index (χ1) is 9.74.